The van der Waals surface area contributed by atoms with Gasteiger partial charge in [0.1, 0.15) is 6.04 Å². The van der Waals surface area contributed by atoms with E-state index in [1.165, 1.54) is 11.8 Å². The van der Waals surface area contributed by atoms with E-state index in [1.54, 1.807) is 11.8 Å². The SMILES string of the molecule is CCOc1cc(C2C(C(=O)OC(C)C)=C(C)Nc3nc(SCc4ccccc4Cl)nn32)ccc1OC. The molecule has 1 aromatic heterocycles. The Morgan fingerprint density at radius 1 is 1.22 bits per heavy atom. The van der Waals surface area contributed by atoms with E-state index in [0.29, 0.717) is 51.3 Å². The number of esters is 1. The molecule has 2 heterocycles. The second-order valence-corrected chi connectivity index (χ2v) is 9.76. The molecule has 0 saturated heterocycles. The van der Waals surface area contributed by atoms with Crippen LogP contribution in [0.4, 0.5) is 5.95 Å². The van der Waals surface area contributed by atoms with Gasteiger partial charge in [0.2, 0.25) is 11.1 Å². The van der Waals surface area contributed by atoms with Crippen LogP contribution in [0.5, 0.6) is 11.5 Å². The van der Waals surface area contributed by atoms with E-state index in [2.05, 4.69) is 10.3 Å². The normalized spacial score (nSPS) is 14.9. The third-order valence-electron chi connectivity index (χ3n) is 5.51. The van der Waals surface area contributed by atoms with E-state index in [4.69, 9.17) is 30.9 Å². The summed E-state index contributed by atoms with van der Waals surface area (Å²) in [4.78, 5) is 17.9. The molecule has 1 atom stereocenters. The van der Waals surface area contributed by atoms with Gasteiger partial charge in [-0.05, 0) is 57.0 Å². The minimum absolute atomic E-state index is 0.271. The number of allylic oxidation sites excluding steroid dienone is 1. The number of benzene rings is 2. The Labute approximate surface area is 220 Å². The Bertz CT molecular complexity index is 1290. The number of ether oxygens (including phenoxy) is 3. The minimum atomic E-state index is -0.570. The standard InChI is InChI=1S/C26H29ClN4O4S/c1-6-34-21-13-17(11-12-20(21)33-5)23-22(24(32)35-15(2)3)16(4)28-25-29-26(30-31(23)25)36-14-18-9-7-8-10-19(18)27/h7-13,15,23H,6,14H2,1-5H3,(H,28,29,30). The number of fused-ring (bicyclic) bond motifs is 1. The summed E-state index contributed by atoms with van der Waals surface area (Å²) in [6.07, 6.45) is -0.271. The molecule has 3 aromatic rings. The molecule has 0 radical (unpaired) electrons. The van der Waals surface area contributed by atoms with E-state index in [9.17, 15) is 4.79 Å². The molecule has 0 fully saturated rings. The highest BCUT2D eigenvalue weighted by Gasteiger charge is 2.36. The van der Waals surface area contributed by atoms with Gasteiger partial charge in [-0.25, -0.2) is 9.48 Å². The van der Waals surface area contributed by atoms with Gasteiger partial charge in [0.05, 0.1) is 25.4 Å². The van der Waals surface area contributed by atoms with E-state index in [-0.39, 0.29) is 6.10 Å². The third kappa shape index (κ3) is 5.47. The van der Waals surface area contributed by atoms with Crippen LogP contribution in [0.15, 0.2) is 58.9 Å². The lowest BCUT2D eigenvalue weighted by Gasteiger charge is -2.29. The molecule has 4 rings (SSSR count). The number of thioether (sulfide) groups is 1. The number of halogens is 1. The molecule has 10 heteroatoms. The van der Waals surface area contributed by atoms with E-state index in [1.807, 2.05) is 70.2 Å². The van der Waals surface area contributed by atoms with Crippen molar-refractivity contribution in [2.75, 3.05) is 19.0 Å². The topological polar surface area (TPSA) is 87.5 Å². The first-order valence-electron chi connectivity index (χ1n) is 11.6. The van der Waals surface area contributed by atoms with Crippen LogP contribution >= 0.6 is 23.4 Å². The number of rotatable bonds is 9. The Morgan fingerprint density at radius 2 is 2.00 bits per heavy atom. The third-order valence-corrected chi connectivity index (χ3v) is 6.77. The Balaban J connectivity index is 1.75. The smallest absolute Gasteiger partial charge is 0.338 e. The van der Waals surface area contributed by atoms with Gasteiger partial charge in [0, 0.05) is 16.5 Å². The van der Waals surface area contributed by atoms with Crippen LogP contribution in [0.25, 0.3) is 0 Å². The van der Waals surface area contributed by atoms with Crippen molar-refractivity contribution in [3.05, 3.63) is 69.9 Å². The molecule has 0 saturated carbocycles. The highest BCUT2D eigenvalue weighted by Crippen LogP contribution is 2.40. The fraction of sp³-hybridized carbons (Fsp3) is 0.346. The fourth-order valence-corrected chi connectivity index (χ4v) is 5.05. The van der Waals surface area contributed by atoms with Gasteiger partial charge < -0.3 is 19.5 Å². The summed E-state index contributed by atoms with van der Waals surface area (Å²) in [5.41, 5.74) is 2.90. The zero-order chi connectivity index (χ0) is 25.8. The van der Waals surface area contributed by atoms with Crippen molar-refractivity contribution < 1.29 is 19.0 Å². The summed E-state index contributed by atoms with van der Waals surface area (Å²) in [6.45, 7) is 7.87. The van der Waals surface area contributed by atoms with Crippen molar-refractivity contribution in [2.45, 2.75) is 50.8 Å². The van der Waals surface area contributed by atoms with Crippen LogP contribution in [-0.4, -0.2) is 40.6 Å². The van der Waals surface area contributed by atoms with Crippen molar-refractivity contribution in [3.63, 3.8) is 0 Å². The van der Waals surface area contributed by atoms with Crippen LogP contribution in [0.3, 0.4) is 0 Å². The minimum Gasteiger partial charge on any atom is -0.493 e. The maximum absolute atomic E-state index is 13.2. The van der Waals surface area contributed by atoms with Gasteiger partial charge in [0.15, 0.2) is 11.5 Å². The monoisotopic (exact) mass is 528 g/mol. The quantitative estimate of drug-likeness (QED) is 0.272. The number of hydrogen-bond donors (Lipinski definition) is 1. The van der Waals surface area contributed by atoms with E-state index < -0.39 is 12.0 Å². The average Bonchev–Trinajstić information content (AvgIpc) is 3.24. The zero-order valence-electron chi connectivity index (χ0n) is 20.9. The van der Waals surface area contributed by atoms with Crippen molar-refractivity contribution in [3.8, 4) is 11.5 Å². The van der Waals surface area contributed by atoms with Gasteiger partial charge >= 0.3 is 5.97 Å². The highest BCUT2D eigenvalue weighted by atomic mass is 35.5. The van der Waals surface area contributed by atoms with Crippen LogP contribution in [0.2, 0.25) is 5.02 Å². The molecule has 1 N–H and O–H groups in total. The first-order valence-corrected chi connectivity index (χ1v) is 13.0. The van der Waals surface area contributed by atoms with Crippen molar-refractivity contribution >= 4 is 35.3 Å². The molecule has 0 aliphatic carbocycles. The number of methoxy groups -OCH3 is 1. The molecule has 1 unspecified atom stereocenters. The largest absolute Gasteiger partial charge is 0.493 e. The molecule has 36 heavy (non-hydrogen) atoms. The van der Waals surface area contributed by atoms with Crippen LogP contribution < -0.4 is 14.8 Å². The van der Waals surface area contributed by atoms with Crippen molar-refractivity contribution in [1.82, 2.24) is 14.8 Å². The highest BCUT2D eigenvalue weighted by molar-refractivity contribution is 7.98. The number of nitrogens with one attached hydrogen (secondary N) is 1. The number of aromatic nitrogens is 3. The summed E-state index contributed by atoms with van der Waals surface area (Å²) >= 11 is 7.79. The summed E-state index contributed by atoms with van der Waals surface area (Å²) in [5, 5.41) is 9.26. The lowest BCUT2D eigenvalue weighted by atomic mass is 9.95. The second-order valence-electron chi connectivity index (χ2n) is 8.41. The number of carbonyl (C=O) groups is 1. The maximum atomic E-state index is 13.2. The Hall–Kier alpha value is -3.17. The predicted octanol–water partition coefficient (Wildman–Crippen LogP) is 5.87. The summed E-state index contributed by atoms with van der Waals surface area (Å²) in [6, 6.07) is 12.7. The Morgan fingerprint density at radius 3 is 2.69 bits per heavy atom. The Kier molecular flexibility index (Phi) is 8.11. The fourth-order valence-electron chi connectivity index (χ4n) is 3.93. The van der Waals surface area contributed by atoms with Crippen molar-refractivity contribution in [1.29, 1.82) is 0 Å². The van der Waals surface area contributed by atoms with Crippen molar-refractivity contribution in [2.24, 2.45) is 0 Å². The average molecular weight is 529 g/mol. The zero-order valence-corrected chi connectivity index (χ0v) is 22.4. The predicted molar refractivity (Wildman–Crippen MR) is 141 cm³/mol. The van der Waals surface area contributed by atoms with Crippen LogP contribution in [0, 0.1) is 0 Å². The molecule has 0 bridgehead atoms. The lowest BCUT2D eigenvalue weighted by molar-refractivity contribution is -0.143. The molecule has 190 valence electrons. The first-order chi connectivity index (χ1) is 17.3. The van der Waals surface area contributed by atoms with Gasteiger partial charge in [-0.1, -0.05) is 47.6 Å². The second kappa shape index (κ2) is 11.3. The van der Waals surface area contributed by atoms with Gasteiger partial charge in [0.25, 0.3) is 0 Å². The molecule has 0 spiro atoms. The van der Waals surface area contributed by atoms with Gasteiger partial charge in [-0.15, -0.1) is 5.10 Å². The molecule has 0 amide bonds. The van der Waals surface area contributed by atoms with Crippen LogP contribution in [0.1, 0.15) is 44.9 Å². The first kappa shape index (κ1) is 25.9. The lowest BCUT2D eigenvalue weighted by Crippen LogP contribution is -2.30. The summed E-state index contributed by atoms with van der Waals surface area (Å²) in [5.74, 6) is 1.92. The number of anilines is 1. The molecule has 1 aliphatic heterocycles. The van der Waals surface area contributed by atoms with E-state index >= 15 is 0 Å². The molecule has 1 aliphatic rings. The molecular formula is C26H29ClN4O4S. The summed E-state index contributed by atoms with van der Waals surface area (Å²) < 4.78 is 18.6. The molecule has 2 aromatic carbocycles. The summed E-state index contributed by atoms with van der Waals surface area (Å²) in [7, 11) is 1.59. The number of nitrogens with zero attached hydrogens (tertiary/aromatic N) is 3. The maximum Gasteiger partial charge on any atom is 0.338 e. The van der Waals surface area contributed by atoms with Gasteiger partial charge in [-0.2, -0.15) is 4.98 Å². The van der Waals surface area contributed by atoms with Crippen LogP contribution in [-0.2, 0) is 15.3 Å². The number of carbonyl (C=O) groups excluding carboxylic acids is 1. The molecular weight excluding hydrogens is 500 g/mol. The van der Waals surface area contributed by atoms with E-state index in [0.717, 1.165) is 11.1 Å². The number of hydrogen-bond acceptors (Lipinski definition) is 8. The molecule has 8 nitrogen and oxygen atoms in total. The van der Waals surface area contributed by atoms with Gasteiger partial charge in [-0.3, -0.25) is 0 Å².